The lowest BCUT2D eigenvalue weighted by Crippen LogP contribution is -2.04. The second-order valence-corrected chi connectivity index (χ2v) is 4.15. The van der Waals surface area contributed by atoms with Crippen molar-refractivity contribution in [3.05, 3.63) is 54.1 Å². The van der Waals surface area contributed by atoms with Crippen LogP contribution in [0.1, 0.15) is 5.56 Å². The maximum atomic E-state index is 11.3. The van der Waals surface area contributed by atoms with Gasteiger partial charge in [0.05, 0.1) is 20.6 Å². The first-order valence-electron chi connectivity index (χ1n) is 6.03. The Bertz CT molecular complexity index is 576. The van der Waals surface area contributed by atoms with E-state index in [-0.39, 0.29) is 12.4 Å². The smallest absolute Gasteiger partial charge is 0.309 e. The minimum absolute atomic E-state index is 0.239. The number of methoxy groups -OCH3 is 2. The van der Waals surface area contributed by atoms with Crippen molar-refractivity contribution in [2.75, 3.05) is 14.2 Å². The minimum atomic E-state index is -0.239. The van der Waals surface area contributed by atoms with Crippen LogP contribution in [0.15, 0.2) is 48.5 Å². The van der Waals surface area contributed by atoms with E-state index in [4.69, 9.17) is 4.74 Å². The molecule has 3 heteroatoms. The molecule has 2 aromatic rings. The summed E-state index contributed by atoms with van der Waals surface area (Å²) < 4.78 is 10.0. The summed E-state index contributed by atoms with van der Waals surface area (Å²) in [6.07, 6.45) is 0.277. The van der Waals surface area contributed by atoms with Crippen LogP contribution in [0.4, 0.5) is 0 Å². The number of rotatable bonds is 4. The number of benzene rings is 2. The molecule has 0 saturated carbocycles. The van der Waals surface area contributed by atoms with Gasteiger partial charge in [-0.2, -0.15) is 0 Å². The largest absolute Gasteiger partial charge is 0.496 e. The summed E-state index contributed by atoms with van der Waals surface area (Å²) in [5, 5.41) is 0. The molecule has 0 N–H and O–H groups in total. The van der Waals surface area contributed by atoms with Gasteiger partial charge in [-0.05, 0) is 17.2 Å². The summed E-state index contributed by atoms with van der Waals surface area (Å²) >= 11 is 0. The Balaban J connectivity index is 2.35. The standard InChI is InChI=1S/C16H16O3/c1-18-15-9-4-3-8-14(15)13-7-5-6-12(10-13)11-16(17)19-2/h3-10H,11H2,1-2H3. The third kappa shape index (κ3) is 3.13. The van der Waals surface area contributed by atoms with Gasteiger partial charge in [-0.15, -0.1) is 0 Å². The van der Waals surface area contributed by atoms with Gasteiger partial charge in [0, 0.05) is 5.56 Å². The first-order valence-corrected chi connectivity index (χ1v) is 6.03. The normalized spacial score (nSPS) is 10.0. The number of para-hydroxylation sites is 1. The van der Waals surface area contributed by atoms with Gasteiger partial charge < -0.3 is 9.47 Å². The van der Waals surface area contributed by atoms with E-state index in [2.05, 4.69) is 4.74 Å². The average Bonchev–Trinajstić information content (AvgIpc) is 2.47. The van der Waals surface area contributed by atoms with Crippen molar-refractivity contribution >= 4 is 5.97 Å². The molecule has 0 fully saturated rings. The first kappa shape index (κ1) is 13.1. The van der Waals surface area contributed by atoms with E-state index >= 15 is 0 Å². The summed E-state index contributed by atoms with van der Waals surface area (Å²) in [5.41, 5.74) is 2.96. The lowest BCUT2D eigenvalue weighted by molar-refractivity contribution is -0.139. The van der Waals surface area contributed by atoms with Crippen LogP contribution in [-0.4, -0.2) is 20.2 Å². The van der Waals surface area contributed by atoms with Gasteiger partial charge in [-0.3, -0.25) is 4.79 Å². The zero-order chi connectivity index (χ0) is 13.7. The zero-order valence-corrected chi connectivity index (χ0v) is 11.1. The topological polar surface area (TPSA) is 35.5 Å². The molecule has 0 unspecified atom stereocenters. The quantitative estimate of drug-likeness (QED) is 0.789. The Morgan fingerprint density at radius 2 is 1.84 bits per heavy atom. The highest BCUT2D eigenvalue weighted by molar-refractivity contribution is 5.75. The highest BCUT2D eigenvalue weighted by Gasteiger charge is 2.07. The molecular weight excluding hydrogens is 240 g/mol. The maximum Gasteiger partial charge on any atom is 0.309 e. The fraction of sp³-hybridized carbons (Fsp3) is 0.188. The lowest BCUT2D eigenvalue weighted by atomic mass is 10.0. The van der Waals surface area contributed by atoms with Gasteiger partial charge in [-0.1, -0.05) is 42.5 Å². The summed E-state index contributed by atoms with van der Waals surface area (Å²) in [5.74, 6) is 0.579. The molecule has 0 aromatic heterocycles. The molecule has 0 aliphatic rings. The SMILES string of the molecule is COC(=O)Cc1cccc(-c2ccccc2OC)c1. The van der Waals surface area contributed by atoms with Gasteiger partial charge >= 0.3 is 5.97 Å². The van der Waals surface area contributed by atoms with Crippen molar-refractivity contribution in [1.82, 2.24) is 0 Å². The molecule has 98 valence electrons. The average molecular weight is 256 g/mol. The maximum absolute atomic E-state index is 11.3. The van der Waals surface area contributed by atoms with E-state index in [1.807, 2.05) is 48.5 Å². The minimum Gasteiger partial charge on any atom is -0.496 e. The van der Waals surface area contributed by atoms with E-state index in [0.717, 1.165) is 22.4 Å². The van der Waals surface area contributed by atoms with Crippen LogP contribution in [0.3, 0.4) is 0 Å². The molecule has 0 atom stereocenters. The van der Waals surface area contributed by atoms with Crippen LogP contribution in [0, 0.1) is 0 Å². The Hall–Kier alpha value is -2.29. The number of carbonyl (C=O) groups excluding carboxylic acids is 1. The van der Waals surface area contributed by atoms with Crippen LogP contribution in [0.2, 0.25) is 0 Å². The van der Waals surface area contributed by atoms with Gasteiger partial charge in [0.25, 0.3) is 0 Å². The van der Waals surface area contributed by atoms with Crippen molar-refractivity contribution in [2.24, 2.45) is 0 Å². The molecule has 0 aliphatic heterocycles. The summed E-state index contributed by atoms with van der Waals surface area (Å²) in [4.78, 5) is 11.3. The molecule has 0 aliphatic carbocycles. The molecule has 0 bridgehead atoms. The first-order chi connectivity index (χ1) is 9.24. The lowest BCUT2D eigenvalue weighted by Gasteiger charge is -2.09. The summed E-state index contributed by atoms with van der Waals surface area (Å²) in [7, 11) is 3.05. The van der Waals surface area contributed by atoms with Crippen LogP contribution in [0.25, 0.3) is 11.1 Å². The van der Waals surface area contributed by atoms with Crippen molar-refractivity contribution in [3.63, 3.8) is 0 Å². The molecule has 0 heterocycles. The van der Waals surface area contributed by atoms with Gasteiger partial charge in [-0.25, -0.2) is 0 Å². The summed E-state index contributed by atoms with van der Waals surface area (Å²) in [6, 6.07) is 15.6. The highest BCUT2D eigenvalue weighted by Crippen LogP contribution is 2.29. The van der Waals surface area contributed by atoms with Crippen LogP contribution >= 0.6 is 0 Å². The van der Waals surface area contributed by atoms with E-state index in [1.54, 1.807) is 7.11 Å². The van der Waals surface area contributed by atoms with E-state index < -0.39 is 0 Å². The Morgan fingerprint density at radius 1 is 1.05 bits per heavy atom. The van der Waals surface area contributed by atoms with Gasteiger partial charge in [0.15, 0.2) is 0 Å². The number of hydrogen-bond donors (Lipinski definition) is 0. The van der Waals surface area contributed by atoms with E-state index in [9.17, 15) is 4.79 Å². The van der Waals surface area contributed by atoms with E-state index in [1.165, 1.54) is 7.11 Å². The predicted octanol–water partition coefficient (Wildman–Crippen LogP) is 3.08. The van der Waals surface area contributed by atoms with Gasteiger partial charge in [0.2, 0.25) is 0 Å². The van der Waals surface area contributed by atoms with E-state index in [0.29, 0.717) is 0 Å². The van der Waals surface area contributed by atoms with Crippen molar-refractivity contribution < 1.29 is 14.3 Å². The monoisotopic (exact) mass is 256 g/mol. The number of hydrogen-bond acceptors (Lipinski definition) is 3. The molecular formula is C16H16O3. The number of esters is 1. The van der Waals surface area contributed by atoms with Crippen LogP contribution in [0.5, 0.6) is 5.75 Å². The molecule has 0 spiro atoms. The number of carbonyl (C=O) groups is 1. The van der Waals surface area contributed by atoms with Gasteiger partial charge in [0.1, 0.15) is 5.75 Å². The van der Waals surface area contributed by atoms with Crippen molar-refractivity contribution in [3.8, 4) is 16.9 Å². The highest BCUT2D eigenvalue weighted by atomic mass is 16.5. The second-order valence-electron chi connectivity index (χ2n) is 4.15. The fourth-order valence-electron chi connectivity index (χ4n) is 1.97. The second kappa shape index (κ2) is 6.05. The van der Waals surface area contributed by atoms with Crippen LogP contribution < -0.4 is 4.74 Å². The fourth-order valence-corrected chi connectivity index (χ4v) is 1.97. The Morgan fingerprint density at radius 3 is 2.58 bits per heavy atom. The Kier molecular flexibility index (Phi) is 4.18. The van der Waals surface area contributed by atoms with Crippen molar-refractivity contribution in [2.45, 2.75) is 6.42 Å². The predicted molar refractivity (Wildman–Crippen MR) is 74.2 cm³/mol. The third-order valence-electron chi connectivity index (χ3n) is 2.92. The zero-order valence-electron chi connectivity index (χ0n) is 11.1. The molecule has 19 heavy (non-hydrogen) atoms. The molecule has 0 saturated heterocycles. The molecule has 2 rings (SSSR count). The summed E-state index contributed by atoms with van der Waals surface area (Å²) in [6.45, 7) is 0. The Labute approximate surface area is 112 Å². The van der Waals surface area contributed by atoms with Crippen molar-refractivity contribution in [1.29, 1.82) is 0 Å². The van der Waals surface area contributed by atoms with Crippen LogP contribution in [-0.2, 0) is 16.0 Å². The number of ether oxygens (including phenoxy) is 2. The molecule has 2 aromatic carbocycles. The molecule has 0 radical (unpaired) electrons. The molecule has 0 amide bonds. The third-order valence-corrected chi connectivity index (χ3v) is 2.92. The molecule has 3 nitrogen and oxygen atoms in total.